The van der Waals surface area contributed by atoms with E-state index in [-0.39, 0.29) is 0 Å². The van der Waals surface area contributed by atoms with Crippen LogP contribution in [0.5, 0.6) is 0 Å². The molecule has 2 atom stereocenters. The molecule has 0 amide bonds. The molecule has 0 bridgehead atoms. The molecule has 2 unspecified atom stereocenters. The van der Waals surface area contributed by atoms with Crippen LogP contribution in [0.1, 0.15) is 26.2 Å². The van der Waals surface area contributed by atoms with Gasteiger partial charge in [0.2, 0.25) is 0 Å². The van der Waals surface area contributed by atoms with Gasteiger partial charge in [-0.1, -0.05) is 0 Å². The second-order valence-corrected chi connectivity index (χ2v) is 3.83. The number of nitrogens with one attached hydrogen (secondary N) is 2. The standard InChI is InChI=1S/C10H22N2O/c1-9(13-2)8-11-7-5-10-4-3-6-12-10/h9-12H,3-8H2,1-2H3. The molecule has 3 nitrogen and oxygen atoms in total. The van der Waals surface area contributed by atoms with Crippen molar-refractivity contribution in [2.45, 2.75) is 38.3 Å². The lowest BCUT2D eigenvalue weighted by Crippen LogP contribution is -2.31. The van der Waals surface area contributed by atoms with E-state index in [2.05, 4.69) is 17.6 Å². The van der Waals surface area contributed by atoms with Crippen molar-refractivity contribution >= 4 is 0 Å². The minimum absolute atomic E-state index is 0.330. The molecule has 1 aliphatic rings. The van der Waals surface area contributed by atoms with Crippen molar-refractivity contribution < 1.29 is 4.74 Å². The van der Waals surface area contributed by atoms with Gasteiger partial charge in [-0.25, -0.2) is 0 Å². The van der Waals surface area contributed by atoms with Crippen LogP contribution in [-0.4, -0.2) is 38.9 Å². The smallest absolute Gasteiger partial charge is 0.0667 e. The van der Waals surface area contributed by atoms with Gasteiger partial charge in [0.1, 0.15) is 0 Å². The molecule has 1 aliphatic heterocycles. The summed E-state index contributed by atoms with van der Waals surface area (Å²) in [5.41, 5.74) is 0. The third-order valence-corrected chi connectivity index (χ3v) is 2.67. The average molecular weight is 186 g/mol. The zero-order valence-electron chi connectivity index (χ0n) is 8.81. The van der Waals surface area contributed by atoms with Gasteiger partial charge in [0.15, 0.2) is 0 Å². The first kappa shape index (κ1) is 11.0. The van der Waals surface area contributed by atoms with E-state index in [1.165, 1.54) is 25.8 Å². The van der Waals surface area contributed by atoms with Crippen LogP contribution in [0, 0.1) is 0 Å². The molecule has 1 fully saturated rings. The SMILES string of the molecule is COC(C)CNCCC1CCCN1. The summed E-state index contributed by atoms with van der Waals surface area (Å²) in [5.74, 6) is 0. The molecule has 2 N–H and O–H groups in total. The first-order chi connectivity index (χ1) is 6.33. The van der Waals surface area contributed by atoms with Crippen LogP contribution in [0.3, 0.4) is 0 Å². The van der Waals surface area contributed by atoms with Crippen LogP contribution in [-0.2, 0) is 4.74 Å². The third kappa shape index (κ3) is 4.60. The molecular formula is C10H22N2O. The van der Waals surface area contributed by atoms with Crippen molar-refractivity contribution in [2.75, 3.05) is 26.7 Å². The number of hydrogen-bond donors (Lipinski definition) is 2. The Morgan fingerprint density at radius 2 is 2.46 bits per heavy atom. The van der Waals surface area contributed by atoms with E-state index in [4.69, 9.17) is 4.74 Å². The molecule has 0 aromatic rings. The van der Waals surface area contributed by atoms with Gasteiger partial charge in [-0.05, 0) is 39.3 Å². The predicted octanol–water partition coefficient (Wildman–Crippen LogP) is 0.753. The molecule has 1 saturated heterocycles. The van der Waals surface area contributed by atoms with E-state index in [1.54, 1.807) is 7.11 Å². The maximum Gasteiger partial charge on any atom is 0.0667 e. The fraction of sp³-hybridized carbons (Fsp3) is 1.00. The third-order valence-electron chi connectivity index (χ3n) is 2.67. The summed E-state index contributed by atoms with van der Waals surface area (Å²) in [6, 6.07) is 0.755. The van der Waals surface area contributed by atoms with Crippen molar-refractivity contribution in [3.05, 3.63) is 0 Å². The first-order valence-electron chi connectivity index (χ1n) is 5.30. The Labute approximate surface area is 81.2 Å². The highest BCUT2D eigenvalue weighted by Gasteiger charge is 2.12. The van der Waals surface area contributed by atoms with E-state index in [1.807, 2.05) is 0 Å². The Hall–Kier alpha value is -0.120. The van der Waals surface area contributed by atoms with Crippen molar-refractivity contribution in [1.29, 1.82) is 0 Å². The number of methoxy groups -OCH3 is 1. The Morgan fingerprint density at radius 1 is 1.62 bits per heavy atom. The van der Waals surface area contributed by atoms with Crippen LogP contribution in [0.25, 0.3) is 0 Å². The molecule has 0 aromatic carbocycles. The fourth-order valence-corrected chi connectivity index (χ4v) is 1.67. The number of hydrogen-bond acceptors (Lipinski definition) is 3. The van der Waals surface area contributed by atoms with Gasteiger partial charge in [-0.3, -0.25) is 0 Å². The quantitative estimate of drug-likeness (QED) is 0.601. The van der Waals surface area contributed by atoms with Crippen molar-refractivity contribution in [1.82, 2.24) is 10.6 Å². The van der Waals surface area contributed by atoms with Crippen molar-refractivity contribution in [2.24, 2.45) is 0 Å². The van der Waals surface area contributed by atoms with Crippen LogP contribution < -0.4 is 10.6 Å². The molecule has 78 valence electrons. The average Bonchev–Trinajstić information content (AvgIpc) is 2.64. The second-order valence-electron chi connectivity index (χ2n) is 3.83. The van der Waals surface area contributed by atoms with Crippen LogP contribution in [0.2, 0.25) is 0 Å². The summed E-state index contributed by atoms with van der Waals surface area (Å²) >= 11 is 0. The number of rotatable bonds is 6. The van der Waals surface area contributed by atoms with Gasteiger partial charge < -0.3 is 15.4 Å². The molecule has 3 heteroatoms. The summed E-state index contributed by atoms with van der Waals surface area (Å²) in [6.07, 6.45) is 4.27. The summed E-state index contributed by atoms with van der Waals surface area (Å²) < 4.78 is 5.14. The minimum atomic E-state index is 0.330. The Bertz CT molecular complexity index is 124. The predicted molar refractivity (Wildman–Crippen MR) is 55.0 cm³/mol. The lowest BCUT2D eigenvalue weighted by molar-refractivity contribution is 0.117. The normalized spacial score (nSPS) is 24.9. The van der Waals surface area contributed by atoms with Gasteiger partial charge in [-0.15, -0.1) is 0 Å². The molecule has 0 radical (unpaired) electrons. The zero-order valence-corrected chi connectivity index (χ0v) is 8.81. The van der Waals surface area contributed by atoms with E-state index < -0.39 is 0 Å². The van der Waals surface area contributed by atoms with Crippen LogP contribution in [0.4, 0.5) is 0 Å². The molecular weight excluding hydrogens is 164 g/mol. The van der Waals surface area contributed by atoms with E-state index in [0.717, 1.165) is 19.1 Å². The molecule has 13 heavy (non-hydrogen) atoms. The van der Waals surface area contributed by atoms with Gasteiger partial charge in [0, 0.05) is 19.7 Å². The summed E-state index contributed by atoms with van der Waals surface area (Å²) in [7, 11) is 1.75. The minimum Gasteiger partial charge on any atom is -0.380 e. The number of ether oxygens (including phenoxy) is 1. The molecule has 0 aliphatic carbocycles. The molecule has 0 saturated carbocycles. The maximum absolute atomic E-state index is 5.14. The molecule has 1 rings (SSSR count). The Morgan fingerprint density at radius 3 is 3.08 bits per heavy atom. The maximum atomic E-state index is 5.14. The van der Waals surface area contributed by atoms with Crippen molar-refractivity contribution in [3.8, 4) is 0 Å². The van der Waals surface area contributed by atoms with Crippen molar-refractivity contribution in [3.63, 3.8) is 0 Å². The summed E-state index contributed by atoms with van der Waals surface area (Å²) in [5, 5.41) is 6.89. The zero-order chi connectivity index (χ0) is 9.52. The summed E-state index contributed by atoms with van der Waals surface area (Å²) in [6.45, 7) is 5.36. The first-order valence-corrected chi connectivity index (χ1v) is 5.30. The van der Waals surface area contributed by atoms with Crippen LogP contribution >= 0.6 is 0 Å². The van der Waals surface area contributed by atoms with Gasteiger partial charge in [-0.2, -0.15) is 0 Å². The summed E-state index contributed by atoms with van der Waals surface area (Å²) in [4.78, 5) is 0. The van der Waals surface area contributed by atoms with Crippen LogP contribution in [0.15, 0.2) is 0 Å². The molecule has 1 heterocycles. The monoisotopic (exact) mass is 186 g/mol. The van der Waals surface area contributed by atoms with E-state index in [0.29, 0.717) is 6.10 Å². The fourth-order valence-electron chi connectivity index (χ4n) is 1.67. The Kier molecular flexibility index (Phi) is 5.35. The highest BCUT2D eigenvalue weighted by molar-refractivity contribution is 4.74. The van der Waals surface area contributed by atoms with Gasteiger partial charge in [0.25, 0.3) is 0 Å². The van der Waals surface area contributed by atoms with Gasteiger partial charge >= 0.3 is 0 Å². The highest BCUT2D eigenvalue weighted by Crippen LogP contribution is 2.07. The largest absolute Gasteiger partial charge is 0.380 e. The molecule has 0 aromatic heterocycles. The second kappa shape index (κ2) is 6.35. The van der Waals surface area contributed by atoms with E-state index >= 15 is 0 Å². The van der Waals surface area contributed by atoms with Gasteiger partial charge in [0.05, 0.1) is 6.10 Å². The highest BCUT2D eigenvalue weighted by atomic mass is 16.5. The van der Waals surface area contributed by atoms with E-state index in [9.17, 15) is 0 Å². The Balaban J connectivity index is 1.88. The molecule has 0 spiro atoms. The lowest BCUT2D eigenvalue weighted by Gasteiger charge is -2.13. The lowest BCUT2D eigenvalue weighted by atomic mass is 10.1. The topological polar surface area (TPSA) is 33.3 Å².